The Labute approximate surface area is 170 Å². The van der Waals surface area contributed by atoms with Crippen molar-refractivity contribution >= 4 is 21.9 Å². The Hall–Kier alpha value is -2.29. The molecule has 0 aromatic heterocycles. The zero-order chi connectivity index (χ0) is 21.5. The molecule has 2 fully saturated rings. The smallest absolute Gasteiger partial charge is 0.335 e. The highest BCUT2D eigenvalue weighted by atomic mass is 32.5. The summed E-state index contributed by atoms with van der Waals surface area (Å²) in [5.41, 5.74) is 1.78. The molecule has 0 unspecified atom stereocenters. The van der Waals surface area contributed by atoms with E-state index in [-0.39, 0.29) is 29.4 Å². The minimum atomic E-state index is -9.76. The van der Waals surface area contributed by atoms with Crippen molar-refractivity contribution in [3.8, 4) is 0 Å². The number of anilines is 1. The minimum absolute atomic E-state index is 0.0132. The van der Waals surface area contributed by atoms with Crippen molar-refractivity contribution in [1.29, 1.82) is 0 Å². The Balaban J connectivity index is 1.60. The Morgan fingerprint density at radius 3 is 2.27 bits per heavy atom. The molecule has 2 saturated carbocycles. The summed E-state index contributed by atoms with van der Waals surface area (Å²) < 4.78 is 67.1. The molecule has 2 N–H and O–H groups in total. The van der Waals surface area contributed by atoms with Crippen molar-refractivity contribution in [2.45, 2.75) is 36.1 Å². The van der Waals surface area contributed by atoms with Crippen LogP contribution in [0, 0.1) is 17.8 Å². The van der Waals surface area contributed by atoms with E-state index < -0.39 is 21.1 Å². The SMILES string of the molecule is O=C(O)c1ccc([C@@H]2Nc3ccc(S(F)(F)(F)(F)F)cc3[C@H]3[C@@H]4CC[C@@H](C4)[C@H]32)cc1. The van der Waals surface area contributed by atoms with Gasteiger partial charge < -0.3 is 10.4 Å². The fraction of sp³-hybridized carbons (Fsp3) is 0.381. The van der Waals surface area contributed by atoms with Crippen molar-refractivity contribution < 1.29 is 29.3 Å². The van der Waals surface area contributed by atoms with E-state index in [0.29, 0.717) is 29.3 Å². The molecular formula is C21H20F5NO2S. The van der Waals surface area contributed by atoms with E-state index in [9.17, 15) is 24.2 Å². The van der Waals surface area contributed by atoms with Crippen LogP contribution in [0.25, 0.3) is 0 Å². The van der Waals surface area contributed by atoms with Gasteiger partial charge in [-0.05, 0) is 84.4 Å². The lowest BCUT2D eigenvalue weighted by molar-refractivity contribution is 0.0696. The molecule has 2 aliphatic carbocycles. The predicted octanol–water partition coefficient (Wildman–Crippen LogP) is 7.34. The summed E-state index contributed by atoms with van der Waals surface area (Å²) in [6.45, 7) is 0. The Morgan fingerprint density at radius 2 is 1.63 bits per heavy atom. The van der Waals surface area contributed by atoms with Gasteiger partial charge in [-0.1, -0.05) is 31.6 Å². The third-order valence-corrected chi connectivity index (χ3v) is 8.17. The van der Waals surface area contributed by atoms with E-state index in [1.54, 1.807) is 12.1 Å². The van der Waals surface area contributed by atoms with Gasteiger partial charge in [-0.3, -0.25) is 0 Å². The zero-order valence-electron chi connectivity index (χ0n) is 15.7. The number of nitrogens with one attached hydrogen (secondary N) is 1. The number of halogens is 5. The summed E-state index contributed by atoms with van der Waals surface area (Å²) in [7, 11) is -9.76. The predicted molar refractivity (Wildman–Crippen MR) is 105 cm³/mol. The quantitative estimate of drug-likeness (QED) is 0.486. The number of aromatic carboxylic acids is 1. The molecule has 9 heteroatoms. The lowest BCUT2D eigenvalue weighted by atomic mass is 9.68. The molecule has 0 radical (unpaired) electrons. The van der Waals surface area contributed by atoms with Gasteiger partial charge in [-0.15, -0.1) is 0 Å². The van der Waals surface area contributed by atoms with Gasteiger partial charge in [0, 0.05) is 5.69 Å². The van der Waals surface area contributed by atoms with Crippen LogP contribution < -0.4 is 5.32 Å². The van der Waals surface area contributed by atoms with Crippen LogP contribution in [0.1, 0.15) is 52.7 Å². The summed E-state index contributed by atoms with van der Waals surface area (Å²) in [4.78, 5) is 9.31. The fourth-order valence-corrected chi connectivity index (χ4v) is 6.54. The van der Waals surface area contributed by atoms with E-state index in [4.69, 9.17) is 5.11 Å². The van der Waals surface area contributed by atoms with E-state index in [1.807, 2.05) is 0 Å². The van der Waals surface area contributed by atoms with Crippen LogP contribution >= 0.6 is 10.2 Å². The molecule has 0 spiro atoms. The summed E-state index contributed by atoms with van der Waals surface area (Å²) in [6.07, 6.45) is 2.73. The van der Waals surface area contributed by atoms with Gasteiger partial charge in [-0.2, -0.15) is 0 Å². The Bertz CT molecular complexity index is 1050. The summed E-state index contributed by atoms with van der Waals surface area (Å²) in [6, 6.07) is 8.49. The monoisotopic (exact) mass is 445 g/mol. The third-order valence-electron chi connectivity index (χ3n) is 7.02. The largest absolute Gasteiger partial charge is 0.478 e. The number of benzene rings is 2. The first kappa shape index (κ1) is 19.7. The maximum absolute atomic E-state index is 13.4. The van der Waals surface area contributed by atoms with Crippen molar-refractivity contribution in [2.24, 2.45) is 17.8 Å². The fourth-order valence-electron chi connectivity index (χ4n) is 5.87. The number of rotatable bonds is 3. The number of carboxylic acids is 1. The first-order valence-corrected chi connectivity index (χ1v) is 11.7. The first-order valence-electron chi connectivity index (χ1n) is 9.80. The summed E-state index contributed by atoms with van der Waals surface area (Å²) >= 11 is 0. The number of carbonyl (C=O) groups is 1. The molecule has 0 saturated heterocycles. The second kappa shape index (κ2) is 5.49. The normalized spacial score (nSPS) is 31.8. The molecule has 162 valence electrons. The van der Waals surface area contributed by atoms with Crippen LogP contribution in [0.5, 0.6) is 0 Å². The number of hydrogen-bond donors (Lipinski definition) is 2. The minimum Gasteiger partial charge on any atom is -0.478 e. The maximum atomic E-state index is 13.4. The van der Waals surface area contributed by atoms with Crippen molar-refractivity contribution in [2.75, 3.05) is 5.32 Å². The molecule has 5 atom stereocenters. The molecule has 2 aromatic rings. The van der Waals surface area contributed by atoms with E-state index in [2.05, 4.69) is 5.32 Å². The van der Waals surface area contributed by atoms with E-state index in [0.717, 1.165) is 30.9 Å². The van der Waals surface area contributed by atoms with E-state index >= 15 is 0 Å². The molecule has 2 bridgehead atoms. The third kappa shape index (κ3) is 3.05. The van der Waals surface area contributed by atoms with Crippen LogP contribution in [0.15, 0.2) is 47.4 Å². The highest BCUT2D eigenvalue weighted by Gasteiger charge is 2.66. The van der Waals surface area contributed by atoms with Gasteiger partial charge in [0.1, 0.15) is 4.90 Å². The van der Waals surface area contributed by atoms with Gasteiger partial charge in [0.15, 0.2) is 0 Å². The van der Waals surface area contributed by atoms with Crippen LogP contribution in [-0.4, -0.2) is 11.1 Å². The van der Waals surface area contributed by atoms with Crippen molar-refractivity contribution in [1.82, 2.24) is 0 Å². The van der Waals surface area contributed by atoms with Gasteiger partial charge >= 0.3 is 16.2 Å². The highest BCUT2D eigenvalue weighted by molar-refractivity contribution is 8.45. The molecule has 3 aliphatic rings. The molecule has 5 rings (SSSR count). The number of hydrogen-bond acceptors (Lipinski definition) is 2. The van der Waals surface area contributed by atoms with Crippen molar-refractivity contribution in [3.63, 3.8) is 0 Å². The summed E-state index contributed by atoms with van der Waals surface area (Å²) in [5.74, 6) is -0.793. The maximum Gasteiger partial charge on any atom is 0.335 e. The molecule has 30 heavy (non-hydrogen) atoms. The lowest BCUT2D eigenvalue weighted by Crippen LogP contribution is -2.35. The van der Waals surface area contributed by atoms with Gasteiger partial charge in [0.25, 0.3) is 0 Å². The van der Waals surface area contributed by atoms with Crippen molar-refractivity contribution in [3.05, 3.63) is 59.2 Å². The van der Waals surface area contributed by atoms with Crippen LogP contribution in [0.2, 0.25) is 0 Å². The van der Waals surface area contributed by atoms with Crippen LogP contribution in [0.4, 0.5) is 25.1 Å². The van der Waals surface area contributed by atoms with E-state index in [1.165, 1.54) is 12.1 Å². The highest BCUT2D eigenvalue weighted by Crippen LogP contribution is 3.02. The van der Waals surface area contributed by atoms with Gasteiger partial charge in [0.05, 0.1) is 11.6 Å². The molecule has 3 nitrogen and oxygen atoms in total. The Morgan fingerprint density at radius 1 is 0.967 bits per heavy atom. The second-order valence-corrected chi connectivity index (χ2v) is 11.1. The molecule has 2 aromatic carbocycles. The lowest BCUT2D eigenvalue weighted by Gasteiger charge is -2.45. The first-order chi connectivity index (χ1) is 13.8. The van der Waals surface area contributed by atoms with Crippen LogP contribution in [0.3, 0.4) is 0 Å². The average Bonchev–Trinajstić information content (AvgIpc) is 3.27. The average molecular weight is 445 g/mol. The second-order valence-electron chi connectivity index (χ2n) is 8.70. The van der Waals surface area contributed by atoms with Crippen LogP contribution in [-0.2, 0) is 0 Å². The zero-order valence-corrected chi connectivity index (χ0v) is 16.5. The number of carboxylic acid groups (broad SMARTS) is 1. The standard InChI is InChI=1S/C21H20F5NO2S/c22-30(23,24,25,26)15-7-8-17-16(10-15)18-13-5-6-14(9-13)19(18)20(27-17)11-1-3-12(4-2-11)21(28)29/h1-4,7-8,10,13-14,18-20,27H,5-6,9H2,(H,28,29)/t13-,14+,18-,19-,20+/m1/s1. The summed E-state index contributed by atoms with van der Waals surface area (Å²) in [5, 5.41) is 12.4. The molecule has 1 heterocycles. The molecule has 1 aliphatic heterocycles. The molecular weight excluding hydrogens is 425 g/mol. The van der Waals surface area contributed by atoms with Gasteiger partial charge in [-0.25, -0.2) is 4.79 Å². The topological polar surface area (TPSA) is 49.3 Å². The number of fused-ring (bicyclic) bond motifs is 7. The Kier molecular flexibility index (Phi) is 3.60. The van der Waals surface area contributed by atoms with Gasteiger partial charge in [0.2, 0.25) is 0 Å². The molecule has 0 amide bonds.